The molecule has 3 heteroatoms. The maximum absolute atomic E-state index is 5.29. The molecule has 2 nitrogen and oxygen atoms in total. The van der Waals surface area contributed by atoms with Crippen molar-refractivity contribution < 1.29 is 0 Å². The molecular formula is C4H6N2S. The van der Waals surface area contributed by atoms with Crippen LogP contribution in [-0.4, -0.2) is 4.41 Å². The zero-order valence-corrected chi connectivity index (χ0v) is 4.56. The number of hydrogen-bond donors (Lipinski definition) is 1. The van der Waals surface area contributed by atoms with Crippen LogP contribution in [0.4, 0.5) is 0 Å². The lowest BCUT2D eigenvalue weighted by molar-refractivity contribution is 0.674. The zero-order valence-electron chi connectivity index (χ0n) is 3.74. The standard InChI is InChI=1S/C4H6N2S/c5-6-3-1-2-4-7-6/h1-4H,5H2. The molecule has 0 spiro atoms. The van der Waals surface area contributed by atoms with Gasteiger partial charge in [0, 0.05) is 6.20 Å². The van der Waals surface area contributed by atoms with Crippen LogP contribution in [0.15, 0.2) is 23.8 Å². The van der Waals surface area contributed by atoms with Gasteiger partial charge in [0.25, 0.3) is 0 Å². The van der Waals surface area contributed by atoms with E-state index in [4.69, 9.17) is 5.84 Å². The van der Waals surface area contributed by atoms with Crippen molar-refractivity contribution in [1.82, 2.24) is 4.41 Å². The first-order valence-corrected chi connectivity index (χ1v) is 2.77. The smallest absolute Gasteiger partial charge is 0.0287 e. The van der Waals surface area contributed by atoms with E-state index in [2.05, 4.69) is 0 Å². The molecule has 1 rings (SSSR count). The van der Waals surface area contributed by atoms with Crippen LogP contribution in [-0.2, 0) is 0 Å². The van der Waals surface area contributed by atoms with Crippen LogP contribution in [0.5, 0.6) is 0 Å². The van der Waals surface area contributed by atoms with Gasteiger partial charge in [-0.1, -0.05) is 6.08 Å². The fourth-order valence-corrected chi connectivity index (χ4v) is 0.763. The first-order chi connectivity index (χ1) is 3.39. The molecular weight excluding hydrogens is 108 g/mol. The predicted molar refractivity (Wildman–Crippen MR) is 31.9 cm³/mol. The molecule has 0 aromatic carbocycles. The van der Waals surface area contributed by atoms with E-state index in [0.29, 0.717) is 0 Å². The van der Waals surface area contributed by atoms with Gasteiger partial charge in [-0.3, -0.25) is 4.41 Å². The summed E-state index contributed by atoms with van der Waals surface area (Å²) in [5.74, 6) is 5.29. The van der Waals surface area contributed by atoms with Crippen LogP contribution in [0.25, 0.3) is 0 Å². The van der Waals surface area contributed by atoms with E-state index >= 15 is 0 Å². The zero-order chi connectivity index (χ0) is 5.11. The van der Waals surface area contributed by atoms with Crippen molar-refractivity contribution in [3.8, 4) is 0 Å². The minimum absolute atomic E-state index is 1.46. The lowest BCUT2D eigenvalue weighted by atomic mass is 10.6. The molecule has 1 aliphatic rings. The summed E-state index contributed by atoms with van der Waals surface area (Å²) in [5, 5.41) is 1.92. The molecule has 0 fully saturated rings. The SMILES string of the molecule is NN1C=CC=CS1. The first-order valence-electron chi connectivity index (χ1n) is 1.93. The Morgan fingerprint density at radius 3 is 2.57 bits per heavy atom. The second-order valence-electron chi connectivity index (χ2n) is 1.14. The van der Waals surface area contributed by atoms with Crippen LogP contribution >= 0.6 is 11.9 Å². The summed E-state index contributed by atoms with van der Waals surface area (Å²) in [7, 11) is 0. The van der Waals surface area contributed by atoms with Gasteiger partial charge in [-0.15, -0.1) is 0 Å². The van der Waals surface area contributed by atoms with Crippen molar-refractivity contribution in [2.24, 2.45) is 5.84 Å². The van der Waals surface area contributed by atoms with Gasteiger partial charge in [0.1, 0.15) is 0 Å². The van der Waals surface area contributed by atoms with Gasteiger partial charge < -0.3 is 0 Å². The quantitative estimate of drug-likeness (QED) is 0.374. The fourth-order valence-electron chi connectivity index (χ4n) is 0.320. The van der Waals surface area contributed by atoms with Crippen LogP contribution in [0, 0.1) is 0 Å². The second-order valence-corrected chi connectivity index (χ2v) is 2.04. The molecule has 1 aliphatic heterocycles. The largest absolute Gasteiger partial charge is 0.256 e. The molecule has 0 unspecified atom stereocenters. The molecule has 0 saturated carbocycles. The number of hydrogen-bond acceptors (Lipinski definition) is 3. The highest BCUT2D eigenvalue weighted by molar-refractivity contribution is 7.99. The minimum Gasteiger partial charge on any atom is -0.256 e. The van der Waals surface area contributed by atoms with Gasteiger partial charge in [-0.05, 0) is 23.4 Å². The van der Waals surface area contributed by atoms with Crippen molar-refractivity contribution in [2.75, 3.05) is 0 Å². The first kappa shape index (κ1) is 4.74. The van der Waals surface area contributed by atoms with Gasteiger partial charge >= 0.3 is 0 Å². The maximum Gasteiger partial charge on any atom is 0.0287 e. The summed E-state index contributed by atoms with van der Waals surface area (Å²) >= 11 is 1.46. The third-order valence-electron chi connectivity index (χ3n) is 0.605. The Morgan fingerprint density at radius 1 is 1.43 bits per heavy atom. The van der Waals surface area contributed by atoms with E-state index in [9.17, 15) is 0 Å². The molecule has 0 bridgehead atoms. The molecule has 7 heavy (non-hydrogen) atoms. The maximum atomic E-state index is 5.29. The van der Waals surface area contributed by atoms with Gasteiger partial charge in [0.2, 0.25) is 0 Å². The Morgan fingerprint density at radius 2 is 2.29 bits per heavy atom. The molecule has 38 valence electrons. The Kier molecular flexibility index (Phi) is 1.38. The van der Waals surface area contributed by atoms with E-state index in [0.717, 1.165) is 0 Å². The van der Waals surface area contributed by atoms with Gasteiger partial charge in [-0.25, -0.2) is 5.84 Å². The molecule has 1 heterocycles. The second kappa shape index (κ2) is 2.04. The summed E-state index contributed by atoms with van der Waals surface area (Å²) in [4.78, 5) is 0. The van der Waals surface area contributed by atoms with Crippen LogP contribution in [0.2, 0.25) is 0 Å². The van der Waals surface area contributed by atoms with Gasteiger partial charge in [0.15, 0.2) is 0 Å². The molecule has 0 aromatic rings. The average molecular weight is 114 g/mol. The molecule has 0 saturated heterocycles. The Balaban J connectivity index is 2.49. The van der Waals surface area contributed by atoms with E-state index in [1.165, 1.54) is 11.9 Å². The summed E-state index contributed by atoms with van der Waals surface area (Å²) in [6.45, 7) is 0. The Hall–Kier alpha value is -0.410. The molecule has 0 aromatic heterocycles. The van der Waals surface area contributed by atoms with E-state index < -0.39 is 0 Å². The number of nitrogens with zero attached hydrogens (tertiary/aromatic N) is 1. The van der Waals surface area contributed by atoms with E-state index in [-0.39, 0.29) is 0 Å². The van der Waals surface area contributed by atoms with Crippen LogP contribution < -0.4 is 5.84 Å². The number of allylic oxidation sites excluding steroid dienone is 2. The molecule has 0 amide bonds. The highest BCUT2D eigenvalue weighted by atomic mass is 32.2. The highest BCUT2D eigenvalue weighted by Gasteiger charge is 1.88. The molecule has 2 N–H and O–H groups in total. The number of rotatable bonds is 0. The highest BCUT2D eigenvalue weighted by Crippen LogP contribution is 2.09. The van der Waals surface area contributed by atoms with Gasteiger partial charge in [-0.2, -0.15) is 0 Å². The van der Waals surface area contributed by atoms with E-state index in [1.807, 2.05) is 17.6 Å². The third-order valence-corrected chi connectivity index (χ3v) is 1.25. The van der Waals surface area contributed by atoms with Crippen molar-refractivity contribution in [2.45, 2.75) is 0 Å². The summed E-state index contributed by atoms with van der Waals surface area (Å²) in [6.07, 6.45) is 5.62. The van der Waals surface area contributed by atoms with Crippen molar-refractivity contribution in [1.29, 1.82) is 0 Å². The fraction of sp³-hybridized carbons (Fsp3) is 0. The lowest BCUT2D eigenvalue weighted by Gasteiger charge is -2.09. The van der Waals surface area contributed by atoms with Gasteiger partial charge in [0.05, 0.1) is 0 Å². The molecule has 0 aliphatic carbocycles. The number of hydrazine groups is 1. The Bertz CT molecular complexity index is 108. The normalized spacial score (nSPS) is 18.1. The minimum atomic E-state index is 1.46. The van der Waals surface area contributed by atoms with Crippen molar-refractivity contribution in [3.63, 3.8) is 0 Å². The van der Waals surface area contributed by atoms with E-state index in [1.54, 1.807) is 10.6 Å². The molecule has 0 atom stereocenters. The monoisotopic (exact) mass is 114 g/mol. The third kappa shape index (κ3) is 1.25. The topological polar surface area (TPSA) is 29.3 Å². The lowest BCUT2D eigenvalue weighted by Crippen LogP contribution is -2.15. The predicted octanol–water partition coefficient (Wildman–Crippen LogP) is 0.851. The summed E-state index contributed by atoms with van der Waals surface area (Å²) in [6, 6.07) is 0. The Labute approximate surface area is 46.8 Å². The van der Waals surface area contributed by atoms with Crippen LogP contribution in [0.3, 0.4) is 0 Å². The summed E-state index contributed by atoms with van der Waals surface area (Å²) < 4.78 is 1.54. The number of nitrogens with two attached hydrogens (primary N) is 1. The average Bonchev–Trinajstić information content (AvgIpc) is 1.69. The summed E-state index contributed by atoms with van der Waals surface area (Å²) in [5.41, 5.74) is 0. The molecule has 0 radical (unpaired) electrons. The van der Waals surface area contributed by atoms with Crippen molar-refractivity contribution >= 4 is 11.9 Å². The van der Waals surface area contributed by atoms with Crippen molar-refractivity contribution in [3.05, 3.63) is 23.8 Å². The van der Waals surface area contributed by atoms with Crippen LogP contribution in [0.1, 0.15) is 0 Å².